The van der Waals surface area contributed by atoms with Gasteiger partial charge in [-0.15, -0.1) is 0 Å². The molecule has 302 valence electrons. The van der Waals surface area contributed by atoms with Crippen LogP contribution >= 0.6 is 0 Å². The van der Waals surface area contributed by atoms with Crippen LogP contribution in [0.15, 0.2) is 24.3 Å². The molecule has 0 saturated heterocycles. The molecule has 1 amide bonds. The number of rotatable bonds is 40. The van der Waals surface area contributed by atoms with Gasteiger partial charge in [0.15, 0.2) is 0 Å². The number of hydrogen-bond acceptors (Lipinski definition) is 5. The van der Waals surface area contributed by atoms with Crippen LogP contribution in [0.3, 0.4) is 0 Å². The van der Waals surface area contributed by atoms with E-state index >= 15 is 0 Å². The molecule has 0 radical (unpaired) electrons. The molecule has 0 bridgehead atoms. The highest BCUT2D eigenvalue weighted by atomic mass is 16.3. The molecule has 0 aliphatic carbocycles. The molecule has 0 aromatic rings. The Labute approximate surface area is 316 Å². The summed E-state index contributed by atoms with van der Waals surface area (Å²) < 4.78 is 0. The molecule has 0 aliphatic heterocycles. The van der Waals surface area contributed by atoms with E-state index in [1.165, 1.54) is 154 Å². The van der Waals surface area contributed by atoms with Crippen molar-refractivity contribution in [2.24, 2.45) is 0 Å². The van der Waals surface area contributed by atoms with Gasteiger partial charge in [0.1, 0.15) is 12.2 Å². The van der Waals surface area contributed by atoms with E-state index in [1.54, 1.807) is 0 Å². The number of amides is 1. The second-order valence-electron chi connectivity index (χ2n) is 15.4. The van der Waals surface area contributed by atoms with E-state index < -0.39 is 36.9 Å². The van der Waals surface area contributed by atoms with Crippen molar-refractivity contribution in [3.63, 3.8) is 0 Å². The summed E-state index contributed by atoms with van der Waals surface area (Å²) in [6.45, 7) is 4.03. The van der Waals surface area contributed by atoms with E-state index in [4.69, 9.17) is 0 Å². The number of nitrogens with one attached hydrogen (secondary N) is 1. The van der Waals surface area contributed by atoms with Gasteiger partial charge in [-0.2, -0.15) is 0 Å². The average Bonchev–Trinajstić information content (AvgIpc) is 3.13. The van der Waals surface area contributed by atoms with Gasteiger partial charge >= 0.3 is 0 Å². The first-order valence-corrected chi connectivity index (χ1v) is 22.2. The van der Waals surface area contributed by atoms with Crippen molar-refractivity contribution in [3.05, 3.63) is 24.3 Å². The molecule has 0 fully saturated rings. The lowest BCUT2D eigenvalue weighted by molar-refractivity contribution is -0.132. The molecule has 0 aromatic carbocycles. The van der Waals surface area contributed by atoms with Crippen LogP contribution in [-0.4, -0.2) is 57.3 Å². The fourth-order valence-electron chi connectivity index (χ4n) is 6.83. The number of hydrogen-bond donors (Lipinski definition) is 5. The third-order valence-corrected chi connectivity index (χ3v) is 10.4. The van der Waals surface area contributed by atoms with Crippen LogP contribution in [0.5, 0.6) is 0 Å². The second kappa shape index (κ2) is 40.0. The Hall–Kier alpha value is -1.21. The van der Waals surface area contributed by atoms with Gasteiger partial charge in [0.2, 0.25) is 5.91 Å². The van der Waals surface area contributed by atoms with Gasteiger partial charge in [-0.3, -0.25) is 4.79 Å². The maximum Gasteiger partial charge on any atom is 0.249 e. The molecule has 4 atom stereocenters. The number of unbranched alkanes of at least 4 members (excludes halogenated alkanes) is 27. The van der Waals surface area contributed by atoms with Crippen molar-refractivity contribution in [1.82, 2.24) is 5.32 Å². The summed E-state index contributed by atoms with van der Waals surface area (Å²) in [5.74, 6) is -0.595. The summed E-state index contributed by atoms with van der Waals surface area (Å²) >= 11 is 0. The highest BCUT2D eigenvalue weighted by Gasteiger charge is 2.28. The SMILES string of the molecule is CCCCCCCC/C=C/CC/C=C/CCCC(O)C(O)C(CO)NC(=O)C(O)CCCCCCCCCCCCCCCCCCCCCC. The highest BCUT2D eigenvalue weighted by molar-refractivity contribution is 5.80. The maximum absolute atomic E-state index is 12.5. The van der Waals surface area contributed by atoms with Gasteiger partial charge in [-0.1, -0.05) is 199 Å². The summed E-state index contributed by atoms with van der Waals surface area (Å²) in [5, 5.41) is 43.6. The lowest BCUT2D eigenvalue weighted by atomic mass is 10.00. The molecule has 51 heavy (non-hydrogen) atoms. The lowest BCUT2D eigenvalue weighted by Crippen LogP contribution is -2.53. The highest BCUT2D eigenvalue weighted by Crippen LogP contribution is 2.16. The normalized spacial score (nSPS) is 14.4. The summed E-state index contributed by atoms with van der Waals surface area (Å²) in [5.41, 5.74) is 0. The van der Waals surface area contributed by atoms with Crippen LogP contribution < -0.4 is 5.32 Å². The van der Waals surface area contributed by atoms with Crippen LogP contribution in [-0.2, 0) is 4.79 Å². The molecule has 0 saturated carbocycles. The molecular weight excluding hydrogens is 634 g/mol. The van der Waals surface area contributed by atoms with E-state index in [-0.39, 0.29) is 0 Å². The molecule has 6 heteroatoms. The number of carbonyl (C=O) groups is 1. The van der Waals surface area contributed by atoms with Crippen molar-refractivity contribution in [1.29, 1.82) is 0 Å². The first kappa shape index (κ1) is 49.8. The minimum Gasteiger partial charge on any atom is -0.394 e. The molecule has 0 aliphatic rings. The van der Waals surface area contributed by atoms with Crippen molar-refractivity contribution in [3.8, 4) is 0 Å². The van der Waals surface area contributed by atoms with Gasteiger partial charge in [0.25, 0.3) is 0 Å². The fourth-order valence-corrected chi connectivity index (χ4v) is 6.83. The van der Waals surface area contributed by atoms with E-state index in [9.17, 15) is 25.2 Å². The third-order valence-electron chi connectivity index (χ3n) is 10.4. The third kappa shape index (κ3) is 34.3. The Bertz CT molecular complexity index is 772. The standard InChI is InChI=1S/C45H87NO5/c1-3-5-7-9-11-13-15-17-19-20-21-22-23-25-27-29-31-33-35-37-39-43(49)45(51)46-41(40-47)44(50)42(48)38-36-34-32-30-28-26-24-18-16-14-12-10-8-6-4-2/h18,24,30,32,41-44,47-50H,3-17,19-23,25-29,31,33-40H2,1-2H3,(H,46,51)/b24-18+,32-30+. The van der Waals surface area contributed by atoms with Gasteiger partial charge in [0, 0.05) is 0 Å². The summed E-state index contributed by atoms with van der Waals surface area (Å²) in [6.07, 6.45) is 44.9. The van der Waals surface area contributed by atoms with Crippen LogP contribution in [0, 0.1) is 0 Å². The van der Waals surface area contributed by atoms with E-state index in [0.717, 1.165) is 38.5 Å². The number of carbonyl (C=O) groups excluding carboxylic acids is 1. The molecular formula is C45H87NO5. The Balaban J connectivity index is 3.76. The molecule has 0 spiro atoms. The molecule has 0 rings (SSSR count). The zero-order valence-electron chi connectivity index (χ0n) is 33.9. The largest absolute Gasteiger partial charge is 0.394 e. The molecule has 6 nitrogen and oxygen atoms in total. The average molecular weight is 722 g/mol. The summed E-state index contributed by atoms with van der Waals surface area (Å²) in [6, 6.07) is -1.00. The Morgan fingerprint density at radius 3 is 1.24 bits per heavy atom. The van der Waals surface area contributed by atoms with Crippen LogP contribution in [0.4, 0.5) is 0 Å². The predicted molar refractivity (Wildman–Crippen MR) is 219 cm³/mol. The smallest absolute Gasteiger partial charge is 0.249 e. The monoisotopic (exact) mass is 722 g/mol. The topological polar surface area (TPSA) is 110 Å². The number of allylic oxidation sites excluding steroid dienone is 4. The van der Waals surface area contributed by atoms with Crippen molar-refractivity contribution >= 4 is 5.91 Å². The first-order valence-electron chi connectivity index (χ1n) is 22.2. The molecule has 4 unspecified atom stereocenters. The zero-order chi connectivity index (χ0) is 37.5. The number of aliphatic hydroxyl groups excluding tert-OH is 4. The van der Waals surface area contributed by atoms with E-state index in [2.05, 4.69) is 43.5 Å². The van der Waals surface area contributed by atoms with Crippen molar-refractivity contribution in [2.75, 3.05) is 6.61 Å². The molecule has 5 N–H and O–H groups in total. The van der Waals surface area contributed by atoms with Crippen LogP contribution in [0.2, 0.25) is 0 Å². The van der Waals surface area contributed by atoms with Crippen molar-refractivity contribution in [2.45, 2.75) is 250 Å². The zero-order valence-corrected chi connectivity index (χ0v) is 33.9. The first-order chi connectivity index (χ1) is 25.0. The minimum absolute atomic E-state index is 0.364. The Kier molecular flexibility index (Phi) is 39.0. The fraction of sp³-hybridized carbons (Fsp3) is 0.889. The summed E-state index contributed by atoms with van der Waals surface area (Å²) in [4.78, 5) is 12.5. The van der Waals surface area contributed by atoms with Crippen LogP contribution in [0.25, 0.3) is 0 Å². The van der Waals surface area contributed by atoms with Crippen molar-refractivity contribution < 1.29 is 25.2 Å². The quantitative estimate of drug-likeness (QED) is 0.0320. The maximum atomic E-state index is 12.5. The van der Waals surface area contributed by atoms with Gasteiger partial charge in [0.05, 0.1) is 18.8 Å². The van der Waals surface area contributed by atoms with E-state index in [1.807, 2.05) is 0 Å². The lowest BCUT2D eigenvalue weighted by Gasteiger charge is -2.27. The van der Waals surface area contributed by atoms with Gasteiger partial charge in [-0.05, 0) is 51.4 Å². The minimum atomic E-state index is -1.29. The number of aliphatic hydroxyl groups is 4. The molecule has 0 aromatic heterocycles. The van der Waals surface area contributed by atoms with Gasteiger partial charge in [-0.25, -0.2) is 0 Å². The Morgan fingerprint density at radius 1 is 0.471 bits per heavy atom. The predicted octanol–water partition coefficient (Wildman–Crippen LogP) is 11.6. The molecule has 0 heterocycles. The van der Waals surface area contributed by atoms with Gasteiger partial charge < -0.3 is 25.7 Å². The Morgan fingerprint density at radius 2 is 0.824 bits per heavy atom. The van der Waals surface area contributed by atoms with Crippen LogP contribution in [0.1, 0.15) is 226 Å². The van der Waals surface area contributed by atoms with E-state index in [0.29, 0.717) is 19.3 Å². The second-order valence-corrected chi connectivity index (χ2v) is 15.4. The summed E-state index contributed by atoms with van der Waals surface area (Å²) in [7, 11) is 0.